The Balaban J connectivity index is 2.30. The number of nitriles is 1. The second-order valence-electron chi connectivity index (χ2n) is 10.9. The Morgan fingerprint density at radius 3 is 1.60 bits per heavy atom. The topological polar surface area (TPSA) is 124 Å². The van der Waals surface area contributed by atoms with Crippen LogP contribution in [0.4, 0.5) is 0 Å². The summed E-state index contributed by atoms with van der Waals surface area (Å²) in [4.78, 5) is 49.0. The summed E-state index contributed by atoms with van der Waals surface area (Å²) >= 11 is 0. The number of carbonyl (C=O) groups excluding carboxylic acids is 2. The lowest BCUT2D eigenvalue weighted by atomic mass is 9.93. The zero-order valence-electron chi connectivity index (χ0n) is 24.5. The maximum Gasteiger partial charge on any atom is 0.286 e. The molecule has 0 heterocycles. The number of imide groups is 1. The third-order valence-electron chi connectivity index (χ3n) is 6.57. The van der Waals surface area contributed by atoms with Crippen molar-refractivity contribution in [2.75, 3.05) is 0 Å². The van der Waals surface area contributed by atoms with Gasteiger partial charge in [0.1, 0.15) is 11.6 Å². The molecule has 0 atom stereocenters. The van der Waals surface area contributed by atoms with Crippen LogP contribution in [-0.4, -0.2) is 33.8 Å². The number of hydrazine groups is 1. The van der Waals surface area contributed by atoms with E-state index in [9.17, 15) is 14.9 Å². The molecule has 216 valence electrons. The molecule has 2 N–H and O–H groups in total. The van der Waals surface area contributed by atoms with Crippen molar-refractivity contribution >= 4 is 17.4 Å². The number of nitrogens with zero attached hydrogens (tertiary/aromatic N) is 2. The van der Waals surface area contributed by atoms with E-state index < -0.39 is 28.8 Å². The number of benzene rings is 2. The van der Waals surface area contributed by atoms with Crippen LogP contribution in [-0.2, 0) is 29.1 Å². The molecule has 0 aliphatic heterocycles. The molecule has 2 rings (SSSR count). The highest BCUT2D eigenvalue weighted by atomic mass is 17.3. The van der Waals surface area contributed by atoms with Crippen LogP contribution in [0.5, 0.6) is 0 Å². The van der Waals surface area contributed by atoms with E-state index in [4.69, 9.17) is 25.4 Å². The first kappa shape index (κ1) is 32.8. The average Bonchev–Trinajstić information content (AvgIpc) is 2.97. The number of rotatable bonds is 14. The van der Waals surface area contributed by atoms with Crippen LogP contribution in [0.1, 0.15) is 85.3 Å². The van der Waals surface area contributed by atoms with Crippen LogP contribution in [0, 0.1) is 11.3 Å². The number of nitrogens with two attached hydrogens (primary N) is 1. The van der Waals surface area contributed by atoms with Gasteiger partial charge in [0.15, 0.2) is 0 Å². The molecule has 0 aliphatic carbocycles. The van der Waals surface area contributed by atoms with Crippen molar-refractivity contribution < 1.29 is 29.1 Å². The summed E-state index contributed by atoms with van der Waals surface area (Å²) < 4.78 is 0. The van der Waals surface area contributed by atoms with Gasteiger partial charge in [0.05, 0.1) is 11.2 Å². The van der Waals surface area contributed by atoms with E-state index in [0.29, 0.717) is 34.6 Å². The van der Waals surface area contributed by atoms with Crippen molar-refractivity contribution in [3.05, 3.63) is 77.4 Å². The van der Waals surface area contributed by atoms with E-state index >= 15 is 0 Å². The second kappa shape index (κ2) is 14.3. The SMILES string of the molecule is CCC(C)(C)OOC(C)(CCC(=O)N(N)C(=O)C(C#N)=C(c1ccccc1)c1ccccc1)OOC(C)(C)CC. The molecular formula is C31H41N3O6. The molecule has 40 heavy (non-hydrogen) atoms. The number of amides is 2. The highest BCUT2D eigenvalue weighted by Gasteiger charge is 2.36. The van der Waals surface area contributed by atoms with Crippen LogP contribution >= 0.6 is 0 Å². The monoisotopic (exact) mass is 551 g/mol. The van der Waals surface area contributed by atoms with Gasteiger partial charge in [-0.15, -0.1) is 0 Å². The van der Waals surface area contributed by atoms with E-state index in [2.05, 4.69) is 0 Å². The first-order valence-electron chi connectivity index (χ1n) is 13.4. The lowest BCUT2D eigenvalue weighted by molar-refractivity contribution is -0.539. The number of hydrogen-bond acceptors (Lipinski definition) is 8. The average molecular weight is 552 g/mol. The Morgan fingerprint density at radius 2 is 1.23 bits per heavy atom. The molecule has 9 heteroatoms. The van der Waals surface area contributed by atoms with Gasteiger partial charge in [-0.05, 0) is 58.6 Å². The summed E-state index contributed by atoms with van der Waals surface area (Å²) in [6.07, 6.45) is 1.00. The molecule has 2 amide bonds. The summed E-state index contributed by atoms with van der Waals surface area (Å²) in [6, 6.07) is 20.0. The van der Waals surface area contributed by atoms with Crippen molar-refractivity contribution in [3.63, 3.8) is 0 Å². The van der Waals surface area contributed by atoms with Gasteiger partial charge in [0, 0.05) is 18.4 Å². The van der Waals surface area contributed by atoms with Gasteiger partial charge in [-0.3, -0.25) is 9.59 Å². The fourth-order valence-corrected chi connectivity index (χ4v) is 3.18. The first-order chi connectivity index (χ1) is 18.8. The van der Waals surface area contributed by atoms with Crippen molar-refractivity contribution in [3.8, 4) is 6.07 Å². The maximum absolute atomic E-state index is 13.4. The Kier molecular flexibility index (Phi) is 11.7. The van der Waals surface area contributed by atoms with Gasteiger partial charge in [-0.25, -0.2) is 20.6 Å². The quantitative estimate of drug-likeness (QED) is 0.0576. The normalized spacial score (nSPS) is 12.0. The minimum atomic E-state index is -1.49. The van der Waals surface area contributed by atoms with Gasteiger partial charge in [0.25, 0.3) is 5.91 Å². The van der Waals surface area contributed by atoms with Crippen molar-refractivity contribution in [1.29, 1.82) is 5.26 Å². The summed E-state index contributed by atoms with van der Waals surface area (Å²) in [5, 5.41) is 10.5. The molecular weight excluding hydrogens is 510 g/mol. The highest BCUT2D eigenvalue weighted by molar-refractivity contribution is 6.12. The minimum absolute atomic E-state index is 0.0533. The van der Waals surface area contributed by atoms with Crippen molar-refractivity contribution in [1.82, 2.24) is 5.01 Å². The minimum Gasteiger partial charge on any atom is -0.273 e. The second-order valence-corrected chi connectivity index (χ2v) is 10.9. The fraction of sp³-hybridized carbons (Fsp3) is 0.452. The number of carbonyl (C=O) groups is 2. The molecule has 2 aromatic rings. The highest BCUT2D eigenvalue weighted by Crippen LogP contribution is 2.30. The molecule has 0 radical (unpaired) electrons. The van der Waals surface area contributed by atoms with Crippen LogP contribution in [0.2, 0.25) is 0 Å². The lowest BCUT2D eigenvalue weighted by Crippen LogP contribution is -2.45. The molecule has 0 unspecified atom stereocenters. The third-order valence-corrected chi connectivity index (χ3v) is 6.57. The van der Waals surface area contributed by atoms with E-state index in [0.717, 1.165) is 0 Å². The predicted molar refractivity (Wildman–Crippen MR) is 151 cm³/mol. The summed E-state index contributed by atoms with van der Waals surface area (Å²) in [7, 11) is 0. The Morgan fingerprint density at radius 1 is 0.800 bits per heavy atom. The summed E-state index contributed by atoms with van der Waals surface area (Å²) in [5.41, 5.74) is 0.147. The van der Waals surface area contributed by atoms with Crippen LogP contribution in [0.3, 0.4) is 0 Å². The standard InChI is InChI=1S/C31H41N3O6/c1-8-29(3,4)37-39-31(7,40-38-30(5,6)9-2)21-20-26(35)34(33)28(36)25(22-32)27(23-16-12-10-13-17-23)24-18-14-11-15-19-24/h10-19H,8-9,20-21,33H2,1-7H3. The smallest absolute Gasteiger partial charge is 0.273 e. The molecule has 2 aromatic carbocycles. The summed E-state index contributed by atoms with van der Waals surface area (Å²) in [5.74, 6) is 2.84. The van der Waals surface area contributed by atoms with Crippen LogP contribution in [0.25, 0.3) is 5.57 Å². The van der Waals surface area contributed by atoms with E-state index in [1.807, 2.05) is 59.7 Å². The molecule has 0 bridgehead atoms. The molecule has 0 saturated heterocycles. The van der Waals surface area contributed by atoms with Gasteiger partial charge in [0.2, 0.25) is 11.7 Å². The molecule has 0 aromatic heterocycles. The van der Waals surface area contributed by atoms with Gasteiger partial charge >= 0.3 is 0 Å². The van der Waals surface area contributed by atoms with E-state index in [1.165, 1.54) is 0 Å². The van der Waals surface area contributed by atoms with E-state index in [1.54, 1.807) is 55.5 Å². The fourth-order valence-electron chi connectivity index (χ4n) is 3.18. The zero-order valence-corrected chi connectivity index (χ0v) is 24.5. The van der Waals surface area contributed by atoms with Crippen LogP contribution in [0.15, 0.2) is 66.2 Å². The zero-order chi connectivity index (χ0) is 30.0. The molecule has 0 fully saturated rings. The Hall–Kier alpha value is -3.39. The lowest BCUT2D eigenvalue weighted by Gasteiger charge is -2.34. The predicted octanol–water partition coefficient (Wildman–Crippen LogP) is 6.01. The Labute approximate surface area is 237 Å². The molecule has 9 nitrogen and oxygen atoms in total. The summed E-state index contributed by atoms with van der Waals surface area (Å²) in [6.45, 7) is 12.9. The Bertz CT molecular complexity index is 1140. The van der Waals surface area contributed by atoms with Gasteiger partial charge in [-0.1, -0.05) is 74.5 Å². The van der Waals surface area contributed by atoms with Crippen LogP contribution < -0.4 is 5.84 Å². The molecule has 0 aliphatic rings. The largest absolute Gasteiger partial charge is 0.286 e. The van der Waals surface area contributed by atoms with Gasteiger partial charge < -0.3 is 0 Å². The molecule has 0 saturated carbocycles. The van der Waals surface area contributed by atoms with Crippen molar-refractivity contribution in [2.45, 2.75) is 91.1 Å². The van der Waals surface area contributed by atoms with E-state index in [-0.39, 0.29) is 18.4 Å². The van der Waals surface area contributed by atoms with Gasteiger partial charge in [-0.2, -0.15) is 15.0 Å². The number of hydrogen-bond donors (Lipinski definition) is 1. The first-order valence-corrected chi connectivity index (χ1v) is 13.4. The van der Waals surface area contributed by atoms with Crippen molar-refractivity contribution in [2.24, 2.45) is 5.84 Å². The maximum atomic E-state index is 13.4. The third kappa shape index (κ3) is 9.37. The molecule has 0 spiro atoms.